The van der Waals surface area contributed by atoms with E-state index in [-0.39, 0.29) is 12.2 Å². The second-order valence-corrected chi connectivity index (χ2v) is 4.28. The minimum absolute atomic E-state index is 0.117. The van der Waals surface area contributed by atoms with E-state index in [0.29, 0.717) is 22.5 Å². The SMILES string of the molecule is O=c1[nH]c(COc2ccccc2)nc2cc(F)ccc12. The van der Waals surface area contributed by atoms with Gasteiger partial charge in [-0.05, 0) is 24.3 Å². The molecular weight excluding hydrogens is 259 g/mol. The van der Waals surface area contributed by atoms with E-state index in [1.54, 1.807) is 12.1 Å². The molecule has 1 N–H and O–H groups in total. The molecule has 4 nitrogen and oxygen atoms in total. The molecule has 0 bridgehead atoms. The van der Waals surface area contributed by atoms with Gasteiger partial charge in [-0.1, -0.05) is 18.2 Å². The van der Waals surface area contributed by atoms with Crippen LogP contribution in [0.2, 0.25) is 0 Å². The molecule has 0 fully saturated rings. The maximum atomic E-state index is 13.2. The monoisotopic (exact) mass is 270 g/mol. The van der Waals surface area contributed by atoms with Crippen LogP contribution in [-0.2, 0) is 6.61 Å². The lowest BCUT2D eigenvalue weighted by Gasteiger charge is -2.06. The molecule has 3 aromatic rings. The minimum Gasteiger partial charge on any atom is -0.486 e. The normalized spacial score (nSPS) is 10.7. The topological polar surface area (TPSA) is 55.0 Å². The predicted octanol–water partition coefficient (Wildman–Crippen LogP) is 2.64. The third-order valence-corrected chi connectivity index (χ3v) is 2.84. The average Bonchev–Trinajstić information content (AvgIpc) is 2.46. The average molecular weight is 270 g/mol. The number of hydrogen-bond acceptors (Lipinski definition) is 3. The standard InChI is InChI=1S/C15H11FN2O2/c16-10-6-7-12-13(8-10)17-14(18-15(12)19)9-20-11-4-2-1-3-5-11/h1-8H,9H2,(H,17,18,19). The van der Waals surface area contributed by atoms with E-state index in [9.17, 15) is 9.18 Å². The second kappa shape index (κ2) is 5.13. The molecule has 0 amide bonds. The van der Waals surface area contributed by atoms with E-state index in [1.807, 2.05) is 18.2 Å². The fraction of sp³-hybridized carbons (Fsp3) is 0.0667. The number of rotatable bonds is 3. The molecule has 0 aliphatic rings. The highest BCUT2D eigenvalue weighted by atomic mass is 19.1. The molecule has 0 radical (unpaired) electrons. The molecule has 0 saturated carbocycles. The van der Waals surface area contributed by atoms with E-state index >= 15 is 0 Å². The van der Waals surface area contributed by atoms with Gasteiger partial charge in [0.05, 0.1) is 10.9 Å². The van der Waals surface area contributed by atoms with E-state index in [2.05, 4.69) is 9.97 Å². The van der Waals surface area contributed by atoms with Gasteiger partial charge in [0.2, 0.25) is 0 Å². The molecule has 1 heterocycles. The first-order valence-corrected chi connectivity index (χ1v) is 6.09. The third-order valence-electron chi connectivity index (χ3n) is 2.84. The van der Waals surface area contributed by atoms with Crippen LogP contribution in [0.5, 0.6) is 5.75 Å². The highest BCUT2D eigenvalue weighted by Gasteiger charge is 2.05. The number of aromatic amines is 1. The van der Waals surface area contributed by atoms with Gasteiger partial charge in [0.1, 0.15) is 24.0 Å². The molecule has 0 aliphatic carbocycles. The number of benzene rings is 2. The Hall–Kier alpha value is -2.69. The predicted molar refractivity (Wildman–Crippen MR) is 73.1 cm³/mol. The number of halogens is 1. The number of ether oxygens (including phenoxy) is 1. The van der Waals surface area contributed by atoms with Gasteiger partial charge in [-0.15, -0.1) is 0 Å². The van der Waals surface area contributed by atoms with Crippen LogP contribution < -0.4 is 10.3 Å². The van der Waals surface area contributed by atoms with Crippen LogP contribution in [-0.4, -0.2) is 9.97 Å². The van der Waals surface area contributed by atoms with Crippen molar-refractivity contribution < 1.29 is 9.13 Å². The van der Waals surface area contributed by atoms with Crippen LogP contribution in [0.25, 0.3) is 10.9 Å². The summed E-state index contributed by atoms with van der Waals surface area (Å²) in [5, 5.41) is 0.356. The van der Waals surface area contributed by atoms with Gasteiger partial charge in [0, 0.05) is 6.07 Å². The first-order chi connectivity index (χ1) is 9.72. The molecule has 0 spiro atoms. The van der Waals surface area contributed by atoms with Crippen LogP contribution in [0.4, 0.5) is 4.39 Å². The molecule has 0 unspecified atom stereocenters. The van der Waals surface area contributed by atoms with Crippen molar-refractivity contribution in [3.8, 4) is 5.75 Å². The highest BCUT2D eigenvalue weighted by molar-refractivity contribution is 5.77. The van der Waals surface area contributed by atoms with Crippen molar-refractivity contribution in [2.75, 3.05) is 0 Å². The first-order valence-electron chi connectivity index (χ1n) is 6.09. The third kappa shape index (κ3) is 2.51. The molecule has 3 rings (SSSR count). The number of nitrogens with one attached hydrogen (secondary N) is 1. The smallest absolute Gasteiger partial charge is 0.258 e. The maximum absolute atomic E-state index is 13.2. The summed E-state index contributed by atoms with van der Waals surface area (Å²) < 4.78 is 18.7. The van der Waals surface area contributed by atoms with Gasteiger partial charge in [-0.25, -0.2) is 9.37 Å². The Bertz CT molecular complexity index is 800. The number of nitrogens with zero attached hydrogens (tertiary/aromatic N) is 1. The van der Waals surface area contributed by atoms with Crippen molar-refractivity contribution in [3.05, 3.63) is 70.5 Å². The van der Waals surface area contributed by atoms with Gasteiger partial charge >= 0.3 is 0 Å². The van der Waals surface area contributed by atoms with Crippen molar-refractivity contribution >= 4 is 10.9 Å². The molecule has 1 aromatic heterocycles. The summed E-state index contributed by atoms with van der Waals surface area (Å²) in [5.41, 5.74) is 0.0158. The zero-order valence-corrected chi connectivity index (χ0v) is 10.5. The summed E-state index contributed by atoms with van der Waals surface area (Å²) in [5.74, 6) is 0.608. The van der Waals surface area contributed by atoms with E-state index in [4.69, 9.17) is 4.74 Å². The van der Waals surface area contributed by atoms with Crippen LogP contribution in [0.3, 0.4) is 0 Å². The fourth-order valence-electron chi connectivity index (χ4n) is 1.90. The summed E-state index contributed by atoms with van der Waals surface area (Å²) in [7, 11) is 0. The summed E-state index contributed by atoms with van der Waals surface area (Å²) in [6.07, 6.45) is 0. The van der Waals surface area contributed by atoms with Crippen molar-refractivity contribution in [3.63, 3.8) is 0 Å². The van der Waals surface area contributed by atoms with Crippen molar-refractivity contribution in [1.82, 2.24) is 9.97 Å². The van der Waals surface area contributed by atoms with Gasteiger partial charge in [-0.2, -0.15) is 0 Å². The highest BCUT2D eigenvalue weighted by Crippen LogP contribution is 2.12. The Kier molecular flexibility index (Phi) is 3.16. The van der Waals surface area contributed by atoms with E-state index in [0.717, 1.165) is 0 Å². The molecule has 0 saturated heterocycles. The molecule has 2 aromatic carbocycles. The molecule has 20 heavy (non-hydrogen) atoms. The van der Waals surface area contributed by atoms with Crippen LogP contribution in [0.15, 0.2) is 53.3 Å². The number of hydrogen-bond donors (Lipinski definition) is 1. The second-order valence-electron chi connectivity index (χ2n) is 4.28. The lowest BCUT2D eigenvalue weighted by atomic mass is 10.2. The molecule has 5 heteroatoms. The van der Waals surface area contributed by atoms with Crippen molar-refractivity contribution in [1.29, 1.82) is 0 Å². The maximum Gasteiger partial charge on any atom is 0.258 e. The van der Waals surface area contributed by atoms with Crippen LogP contribution >= 0.6 is 0 Å². The Balaban J connectivity index is 1.90. The summed E-state index contributed by atoms with van der Waals surface area (Å²) >= 11 is 0. The Morgan fingerprint density at radius 1 is 1.15 bits per heavy atom. The van der Waals surface area contributed by atoms with Gasteiger partial charge < -0.3 is 9.72 Å². The van der Waals surface area contributed by atoms with Crippen LogP contribution in [0.1, 0.15) is 5.82 Å². The number of H-pyrrole nitrogens is 1. The lowest BCUT2D eigenvalue weighted by molar-refractivity contribution is 0.296. The Morgan fingerprint density at radius 2 is 1.95 bits per heavy atom. The number of aromatic nitrogens is 2. The first kappa shape index (κ1) is 12.3. The molecular formula is C15H11FN2O2. The molecule has 0 atom stereocenters. The zero-order valence-electron chi connectivity index (χ0n) is 10.5. The van der Waals surface area contributed by atoms with Crippen molar-refractivity contribution in [2.24, 2.45) is 0 Å². The van der Waals surface area contributed by atoms with Crippen LogP contribution in [0, 0.1) is 5.82 Å². The van der Waals surface area contributed by atoms with Gasteiger partial charge in [0.25, 0.3) is 5.56 Å². The molecule has 0 aliphatic heterocycles. The summed E-state index contributed by atoms with van der Waals surface area (Å²) in [6, 6.07) is 13.1. The van der Waals surface area contributed by atoms with E-state index < -0.39 is 5.82 Å². The zero-order chi connectivity index (χ0) is 13.9. The van der Waals surface area contributed by atoms with E-state index in [1.165, 1.54) is 18.2 Å². The fourth-order valence-corrected chi connectivity index (χ4v) is 1.90. The van der Waals surface area contributed by atoms with Gasteiger partial charge in [-0.3, -0.25) is 4.79 Å². The summed E-state index contributed by atoms with van der Waals surface area (Å²) in [6.45, 7) is 0.117. The lowest BCUT2D eigenvalue weighted by Crippen LogP contribution is -2.13. The van der Waals surface area contributed by atoms with Crippen molar-refractivity contribution in [2.45, 2.75) is 6.61 Å². The largest absolute Gasteiger partial charge is 0.486 e. The van der Waals surface area contributed by atoms with Gasteiger partial charge in [0.15, 0.2) is 0 Å². The Morgan fingerprint density at radius 3 is 2.75 bits per heavy atom. The number of fused-ring (bicyclic) bond motifs is 1. The number of para-hydroxylation sites is 1. The molecule has 100 valence electrons. The Labute approximate surface area is 113 Å². The minimum atomic E-state index is -0.425. The summed E-state index contributed by atoms with van der Waals surface area (Å²) in [4.78, 5) is 18.7. The quantitative estimate of drug-likeness (QED) is 0.796.